The zero-order valence-electron chi connectivity index (χ0n) is 14.7. The summed E-state index contributed by atoms with van der Waals surface area (Å²) in [7, 11) is -4.12. The van der Waals surface area contributed by atoms with E-state index in [9.17, 15) is 22.4 Å². The molecule has 0 bridgehead atoms. The maximum Gasteiger partial charge on any atom is 0.341 e. The highest BCUT2D eigenvalue weighted by Crippen LogP contribution is 2.16. The van der Waals surface area contributed by atoms with Crippen LogP contribution in [0.3, 0.4) is 0 Å². The molecule has 1 amide bonds. The summed E-state index contributed by atoms with van der Waals surface area (Å²) in [6, 6.07) is 9.59. The number of nitrogens with two attached hydrogens (primary N) is 1. The number of sulfonamides is 1. The molecule has 0 aliphatic carbocycles. The molecule has 0 spiro atoms. The average molecular weight is 394 g/mol. The van der Waals surface area contributed by atoms with Crippen molar-refractivity contribution in [2.75, 3.05) is 5.32 Å². The Labute approximate surface area is 156 Å². The van der Waals surface area contributed by atoms with Gasteiger partial charge >= 0.3 is 5.97 Å². The van der Waals surface area contributed by atoms with Crippen LogP contribution in [0.4, 0.5) is 10.1 Å². The molecular weight excluding hydrogens is 375 g/mol. The van der Waals surface area contributed by atoms with Crippen molar-refractivity contribution < 1.29 is 27.1 Å². The molecule has 0 saturated heterocycles. The van der Waals surface area contributed by atoms with Crippen LogP contribution in [0, 0.1) is 5.82 Å². The van der Waals surface area contributed by atoms with E-state index in [4.69, 9.17) is 9.88 Å². The van der Waals surface area contributed by atoms with Gasteiger partial charge in [0.15, 0.2) is 6.10 Å². The van der Waals surface area contributed by atoms with E-state index >= 15 is 0 Å². The minimum atomic E-state index is -4.12. The second-order valence-corrected chi connectivity index (χ2v) is 7.34. The van der Waals surface area contributed by atoms with Crippen molar-refractivity contribution in [3.8, 4) is 0 Å². The van der Waals surface area contributed by atoms with Crippen LogP contribution < -0.4 is 10.5 Å². The first-order valence-corrected chi connectivity index (χ1v) is 9.59. The molecule has 0 aliphatic heterocycles. The highest BCUT2D eigenvalue weighted by atomic mass is 32.2. The third kappa shape index (κ3) is 5.35. The molecule has 1 atom stereocenters. The predicted octanol–water partition coefficient (Wildman–Crippen LogP) is 2.22. The first-order chi connectivity index (χ1) is 12.6. The highest BCUT2D eigenvalue weighted by molar-refractivity contribution is 7.89. The topological polar surface area (TPSA) is 116 Å². The van der Waals surface area contributed by atoms with Crippen LogP contribution in [0.2, 0.25) is 0 Å². The van der Waals surface area contributed by atoms with E-state index in [0.29, 0.717) is 5.69 Å². The Morgan fingerprint density at radius 1 is 1.19 bits per heavy atom. The maximum atomic E-state index is 13.8. The fraction of sp³-hybridized carbons (Fsp3) is 0.222. The number of carbonyl (C=O) groups excluding carboxylic acids is 2. The fourth-order valence-corrected chi connectivity index (χ4v) is 2.72. The number of anilines is 1. The summed E-state index contributed by atoms with van der Waals surface area (Å²) in [4.78, 5) is 23.8. The van der Waals surface area contributed by atoms with Crippen LogP contribution in [-0.2, 0) is 26.0 Å². The van der Waals surface area contributed by atoms with Crippen molar-refractivity contribution >= 4 is 27.6 Å². The van der Waals surface area contributed by atoms with E-state index in [0.717, 1.165) is 30.2 Å². The van der Waals surface area contributed by atoms with Crippen LogP contribution in [0.15, 0.2) is 47.4 Å². The van der Waals surface area contributed by atoms with Gasteiger partial charge in [0.25, 0.3) is 5.91 Å². The van der Waals surface area contributed by atoms with E-state index in [-0.39, 0.29) is 0 Å². The van der Waals surface area contributed by atoms with Crippen molar-refractivity contribution in [3.05, 3.63) is 59.4 Å². The first-order valence-electron chi connectivity index (χ1n) is 8.05. The first kappa shape index (κ1) is 20.5. The SMILES string of the molecule is CCc1ccc(NC(=O)C(C)OC(=O)c2cc(S(N)(=O)=O)ccc2F)cc1. The zero-order valence-corrected chi connectivity index (χ0v) is 15.5. The van der Waals surface area contributed by atoms with Crippen molar-refractivity contribution in [2.24, 2.45) is 5.14 Å². The lowest BCUT2D eigenvalue weighted by Gasteiger charge is -2.14. The average Bonchev–Trinajstić information content (AvgIpc) is 2.61. The smallest absolute Gasteiger partial charge is 0.341 e. The molecule has 7 nitrogen and oxygen atoms in total. The van der Waals surface area contributed by atoms with Gasteiger partial charge in [-0.3, -0.25) is 4.79 Å². The van der Waals surface area contributed by atoms with Crippen molar-refractivity contribution in [1.82, 2.24) is 0 Å². The molecule has 0 fully saturated rings. The predicted molar refractivity (Wildman–Crippen MR) is 97.1 cm³/mol. The fourth-order valence-electron chi connectivity index (χ4n) is 2.18. The molecule has 1 unspecified atom stereocenters. The van der Waals surface area contributed by atoms with E-state index in [1.165, 1.54) is 6.92 Å². The molecule has 0 saturated carbocycles. The number of rotatable bonds is 6. The summed E-state index contributed by atoms with van der Waals surface area (Å²) >= 11 is 0. The molecule has 0 aliphatic rings. The number of hydrogen-bond donors (Lipinski definition) is 2. The normalized spacial score (nSPS) is 12.3. The molecule has 2 aromatic carbocycles. The maximum absolute atomic E-state index is 13.8. The number of halogens is 1. The lowest BCUT2D eigenvalue weighted by molar-refractivity contribution is -0.123. The van der Waals surface area contributed by atoms with Crippen LogP contribution >= 0.6 is 0 Å². The Morgan fingerprint density at radius 2 is 1.81 bits per heavy atom. The summed E-state index contributed by atoms with van der Waals surface area (Å²) in [5.74, 6) is -2.78. The van der Waals surface area contributed by atoms with Crippen molar-refractivity contribution in [3.63, 3.8) is 0 Å². The Kier molecular flexibility index (Phi) is 6.29. The summed E-state index contributed by atoms with van der Waals surface area (Å²) in [6.45, 7) is 3.31. The van der Waals surface area contributed by atoms with Crippen LogP contribution in [0.5, 0.6) is 0 Å². The van der Waals surface area contributed by atoms with Crippen molar-refractivity contribution in [2.45, 2.75) is 31.3 Å². The highest BCUT2D eigenvalue weighted by Gasteiger charge is 2.23. The minimum absolute atomic E-state index is 0.441. The van der Waals surface area contributed by atoms with E-state index in [1.807, 2.05) is 19.1 Å². The van der Waals surface area contributed by atoms with Gasteiger partial charge in [0.1, 0.15) is 5.82 Å². The number of hydrogen-bond acceptors (Lipinski definition) is 5. The molecule has 2 rings (SSSR count). The minimum Gasteiger partial charge on any atom is -0.449 e. The van der Waals surface area contributed by atoms with Gasteiger partial charge < -0.3 is 10.1 Å². The molecule has 144 valence electrons. The Bertz CT molecular complexity index is 958. The second kappa shape index (κ2) is 8.28. The van der Waals surface area contributed by atoms with Crippen molar-refractivity contribution in [1.29, 1.82) is 0 Å². The Morgan fingerprint density at radius 3 is 2.37 bits per heavy atom. The molecule has 27 heavy (non-hydrogen) atoms. The molecule has 0 radical (unpaired) electrons. The Hall–Kier alpha value is -2.78. The number of esters is 1. The molecule has 9 heteroatoms. The van der Waals surface area contributed by atoms with Crippen LogP contribution in [0.25, 0.3) is 0 Å². The van der Waals surface area contributed by atoms with E-state index in [1.54, 1.807) is 12.1 Å². The second-order valence-electron chi connectivity index (χ2n) is 5.77. The largest absolute Gasteiger partial charge is 0.449 e. The van der Waals surface area contributed by atoms with Gasteiger partial charge in [0, 0.05) is 5.69 Å². The van der Waals surface area contributed by atoms with Gasteiger partial charge in [-0.25, -0.2) is 22.7 Å². The lowest BCUT2D eigenvalue weighted by Crippen LogP contribution is -2.30. The Balaban J connectivity index is 2.09. The number of amides is 1. The van der Waals surface area contributed by atoms with Gasteiger partial charge in [-0.05, 0) is 49.2 Å². The van der Waals surface area contributed by atoms with Crippen LogP contribution in [-0.4, -0.2) is 26.4 Å². The standard InChI is InChI=1S/C18H19FN2O5S/c1-3-12-4-6-13(7-5-12)21-17(22)11(2)26-18(23)15-10-14(27(20,24)25)8-9-16(15)19/h4-11H,3H2,1-2H3,(H,21,22)(H2,20,24,25). The lowest BCUT2D eigenvalue weighted by atomic mass is 10.1. The third-order valence-electron chi connectivity index (χ3n) is 3.77. The van der Waals surface area contributed by atoms with Gasteiger partial charge in [-0.2, -0.15) is 0 Å². The quantitative estimate of drug-likeness (QED) is 0.729. The van der Waals surface area contributed by atoms with E-state index in [2.05, 4.69) is 5.32 Å². The molecule has 0 heterocycles. The van der Waals surface area contributed by atoms with Gasteiger partial charge in [-0.15, -0.1) is 0 Å². The number of ether oxygens (including phenoxy) is 1. The van der Waals surface area contributed by atoms with Gasteiger partial charge in [0.05, 0.1) is 10.5 Å². The summed E-state index contributed by atoms with van der Waals surface area (Å²) in [5, 5.41) is 7.54. The molecule has 3 N–H and O–H groups in total. The summed E-state index contributed by atoms with van der Waals surface area (Å²) in [5.41, 5.74) is 0.980. The monoisotopic (exact) mass is 394 g/mol. The number of aryl methyl sites for hydroxylation is 1. The number of carbonyl (C=O) groups is 2. The van der Waals surface area contributed by atoms with Gasteiger partial charge in [-0.1, -0.05) is 19.1 Å². The van der Waals surface area contributed by atoms with Gasteiger partial charge in [0.2, 0.25) is 10.0 Å². The van der Waals surface area contributed by atoms with Crippen LogP contribution in [0.1, 0.15) is 29.8 Å². The van der Waals surface area contributed by atoms with E-state index < -0.39 is 44.3 Å². The summed E-state index contributed by atoms with van der Waals surface area (Å²) in [6.07, 6.45) is -0.383. The third-order valence-corrected chi connectivity index (χ3v) is 4.68. The number of primary sulfonamides is 1. The number of benzene rings is 2. The summed E-state index contributed by atoms with van der Waals surface area (Å²) < 4.78 is 41.5. The zero-order chi connectivity index (χ0) is 20.2. The molecular formula is C18H19FN2O5S. The molecule has 0 aromatic heterocycles. The number of nitrogens with one attached hydrogen (secondary N) is 1. The molecule has 2 aromatic rings.